The van der Waals surface area contributed by atoms with Gasteiger partial charge >= 0.3 is 0 Å². The van der Waals surface area contributed by atoms with Gasteiger partial charge in [-0.2, -0.15) is 0 Å². The molecule has 0 radical (unpaired) electrons. The van der Waals surface area contributed by atoms with Gasteiger partial charge in [-0.15, -0.1) is 0 Å². The van der Waals surface area contributed by atoms with Gasteiger partial charge in [0.1, 0.15) is 0 Å². The molecule has 12 heavy (non-hydrogen) atoms. The van der Waals surface area contributed by atoms with Crippen LogP contribution in [0.2, 0.25) is 0 Å². The summed E-state index contributed by atoms with van der Waals surface area (Å²) in [5.41, 5.74) is 2.30. The second-order valence-electron chi connectivity index (χ2n) is 2.10. The van der Waals surface area contributed by atoms with Gasteiger partial charge in [-0.1, -0.05) is 6.07 Å². The Hall–Kier alpha value is -1.68. The normalized spacial score (nSPS) is 10.1. The average molecular weight is 164 g/mol. The molecular formula is C8H8N2O2. The van der Waals surface area contributed by atoms with E-state index < -0.39 is 5.91 Å². The minimum Gasteiger partial charge on any atom is -0.288 e. The second-order valence-corrected chi connectivity index (χ2v) is 2.10. The van der Waals surface area contributed by atoms with Crippen LogP contribution in [0.25, 0.3) is 6.08 Å². The average Bonchev–Trinajstić information content (AvgIpc) is 2.16. The van der Waals surface area contributed by atoms with Crippen LogP contribution in [0.15, 0.2) is 30.6 Å². The highest BCUT2D eigenvalue weighted by atomic mass is 16.5. The van der Waals surface area contributed by atoms with E-state index >= 15 is 0 Å². The van der Waals surface area contributed by atoms with Gasteiger partial charge in [-0.25, -0.2) is 5.48 Å². The number of rotatable bonds is 2. The number of aromatic nitrogens is 1. The Kier molecular flexibility index (Phi) is 2.98. The molecule has 2 N–H and O–H groups in total. The molecule has 0 aromatic carbocycles. The van der Waals surface area contributed by atoms with Gasteiger partial charge in [-0.05, 0) is 17.7 Å². The van der Waals surface area contributed by atoms with Crippen molar-refractivity contribution in [2.45, 2.75) is 0 Å². The van der Waals surface area contributed by atoms with Gasteiger partial charge in [-0.3, -0.25) is 15.0 Å². The Bertz CT molecular complexity index is 282. The number of hydrogen-bond acceptors (Lipinski definition) is 3. The highest BCUT2D eigenvalue weighted by Crippen LogP contribution is 1.97. The second kappa shape index (κ2) is 4.25. The van der Waals surface area contributed by atoms with Gasteiger partial charge in [0.15, 0.2) is 0 Å². The maximum absolute atomic E-state index is 10.5. The fourth-order valence-corrected chi connectivity index (χ4v) is 0.684. The van der Waals surface area contributed by atoms with E-state index in [2.05, 4.69) is 4.98 Å². The lowest BCUT2D eigenvalue weighted by Gasteiger charge is -1.90. The molecule has 4 heteroatoms. The number of nitrogens with zero attached hydrogens (tertiary/aromatic N) is 1. The van der Waals surface area contributed by atoms with Gasteiger partial charge in [0, 0.05) is 18.5 Å². The number of amides is 1. The first-order valence-electron chi connectivity index (χ1n) is 3.35. The molecule has 62 valence electrons. The molecule has 0 bridgehead atoms. The molecular weight excluding hydrogens is 156 g/mol. The van der Waals surface area contributed by atoms with Crippen molar-refractivity contribution in [2.75, 3.05) is 0 Å². The lowest BCUT2D eigenvalue weighted by molar-refractivity contribution is -0.124. The molecule has 0 aliphatic rings. The lowest BCUT2D eigenvalue weighted by atomic mass is 10.2. The van der Waals surface area contributed by atoms with E-state index in [4.69, 9.17) is 5.21 Å². The first-order valence-corrected chi connectivity index (χ1v) is 3.35. The Labute approximate surface area is 69.5 Å². The summed E-state index contributed by atoms with van der Waals surface area (Å²) in [4.78, 5) is 14.4. The molecule has 0 aliphatic carbocycles. The van der Waals surface area contributed by atoms with Gasteiger partial charge < -0.3 is 0 Å². The number of carbonyl (C=O) groups is 1. The lowest BCUT2D eigenvalue weighted by Crippen LogP contribution is -2.14. The molecule has 0 saturated heterocycles. The SMILES string of the molecule is O=C(/C=C/c1cccnc1)NO. The molecule has 1 aromatic heterocycles. The van der Waals surface area contributed by atoms with Crippen molar-refractivity contribution >= 4 is 12.0 Å². The van der Waals surface area contributed by atoms with E-state index in [0.717, 1.165) is 5.56 Å². The van der Waals surface area contributed by atoms with Crippen molar-refractivity contribution < 1.29 is 10.0 Å². The predicted octanol–water partition coefficient (Wildman–Crippen LogP) is 0.600. The molecule has 0 saturated carbocycles. The summed E-state index contributed by atoms with van der Waals surface area (Å²) in [5, 5.41) is 8.15. The summed E-state index contributed by atoms with van der Waals surface area (Å²) < 4.78 is 0. The third kappa shape index (κ3) is 2.51. The van der Waals surface area contributed by atoms with E-state index in [-0.39, 0.29) is 0 Å². The molecule has 0 unspecified atom stereocenters. The van der Waals surface area contributed by atoms with E-state index in [1.807, 2.05) is 0 Å². The van der Waals surface area contributed by atoms with E-state index in [0.29, 0.717) is 0 Å². The molecule has 0 spiro atoms. The molecule has 1 aromatic rings. The van der Waals surface area contributed by atoms with Crippen LogP contribution in [0.5, 0.6) is 0 Å². The highest BCUT2D eigenvalue weighted by molar-refractivity contribution is 5.90. The van der Waals surface area contributed by atoms with Crippen LogP contribution < -0.4 is 5.48 Å². The number of pyridine rings is 1. The van der Waals surface area contributed by atoms with Gasteiger partial charge in [0.2, 0.25) is 0 Å². The summed E-state index contributed by atoms with van der Waals surface area (Å²) >= 11 is 0. The molecule has 0 atom stereocenters. The molecule has 1 rings (SSSR count). The number of nitrogens with one attached hydrogen (secondary N) is 1. The molecule has 1 heterocycles. The summed E-state index contributed by atoms with van der Waals surface area (Å²) in [6.07, 6.45) is 6.03. The van der Waals surface area contributed by atoms with Crippen LogP contribution >= 0.6 is 0 Å². The van der Waals surface area contributed by atoms with Crippen molar-refractivity contribution in [3.8, 4) is 0 Å². The van der Waals surface area contributed by atoms with Crippen LogP contribution in [0.1, 0.15) is 5.56 Å². The minimum absolute atomic E-state index is 0.557. The number of hydrogen-bond donors (Lipinski definition) is 2. The van der Waals surface area contributed by atoms with Crippen LogP contribution in [0, 0.1) is 0 Å². The summed E-state index contributed by atoms with van der Waals surface area (Å²) in [7, 11) is 0. The highest BCUT2D eigenvalue weighted by Gasteiger charge is 1.89. The first kappa shape index (κ1) is 8.42. The van der Waals surface area contributed by atoms with Crippen molar-refractivity contribution in [3.63, 3.8) is 0 Å². The van der Waals surface area contributed by atoms with Crippen molar-refractivity contribution in [2.24, 2.45) is 0 Å². The Balaban J connectivity index is 2.64. The fraction of sp³-hybridized carbons (Fsp3) is 0. The minimum atomic E-state index is -0.557. The summed E-state index contributed by atoms with van der Waals surface area (Å²) in [6.45, 7) is 0. The van der Waals surface area contributed by atoms with E-state index in [1.54, 1.807) is 30.6 Å². The van der Waals surface area contributed by atoms with Gasteiger partial charge in [0.05, 0.1) is 0 Å². The van der Waals surface area contributed by atoms with Crippen molar-refractivity contribution in [1.82, 2.24) is 10.5 Å². The third-order valence-corrected chi connectivity index (χ3v) is 1.22. The quantitative estimate of drug-likeness (QED) is 0.382. The van der Waals surface area contributed by atoms with Gasteiger partial charge in [0.25, 0.3) is 5.91 Å². The van der Waals surface area contributed by atoms with E-state index in [1.165, 1.54) is 11.6 Å². The Morgan fingerprint density at radius 1 is 1.67 bits per heavy atom. The predicted molar refractivity (Wildman–Crippen MR) is 43.2 cm³/mol. The van der Waals surface area contributed by atoms with Crippen molar-refractivity contribution in [3.05, 3.63) is 36.2 Å². The van der Waals surface area contributed by atoms with Crippen LogP contribution in [0.3, 0.4) is 0 Å². The zero-order valence-electron chi connectivity index (χ0n) is 6.27. The first-order chi connectivity index (χ1) is 5.83. The molecule has 4 nitrogen and oxygen atoms in total. The van der Waals surface area contributed by atoms with Crippen LogP contribution in [-0.4, -0.2) is 16.1 Å². The summed E-state index contributed by atoms with van der Waals surface area (Å²) in [6, 6.07) is 3.56. The third-order valence-electron chi connectivity index (χ3n) is 1.22. The maximum Gasteiger partial charge on any atom is 0.267 e. The standard InChI is InChI=1S/C8H8N2O2/c11-8(10-12)4-3-7-2-1-5-9-6-7/h1-6,12H,(H,10,11)/b4-3+. The van der Waals surface area contributed by atoms with Crippen LogP contribution in [-0.2, 0) is 4.79 Å². The monoisotopic (exact) mass is 164 g/mol. The fourth-order valence-electron chi connectivity index (χ4n) is 0.684. The van der Waals surface area contributed by atoms with Crippen LogP contribution in [0.4, 0.5) is 0 Å². The topological polar surface area (TPSA) is 62.2 Å². The smallest absolute Gasteiger partial charge is 0.267 e. The summed E-state index contributed by atoms with van der Waals surface area (Å²) in [5.74, 6) is -0.557. The largest absolute Gasteiger partial charge is 0.288 e. The molecule has 0 aliphatic heterocycles. The Morgan fingerprint density at radius 3 is 3.08 bits per heavy atom. The Morgan fingerprint density at radius 2 is 2.50 bits per heavy atom. The molecule has 1 amide bonds. The number of hydroxylamine groups is 1. The zero-order chi connectivity index (χ0) is 8.81. The number of carbonyl (C=O) groups excluding carboxylic acids is 1. The zero-order valence-corrected chi connectivity index (χ0v) is 6.27. The van der Waals surface area contributed by atoms with E-state index in [9.17, 15) is 4.79 Å². The van der Waals surface area contributed by atoms with Crippen molar-refractivity contribution in [1.29, 1.82) is 0 Å². The maximum atomic E-state index is 10.5. The molecule has 0 fully saturated rings.